The number of hydrogen-bond donors (Lipinski definition) is 1. The van der Waals surface area contributed by atoms with Crippen LogP contribution in [0.15, 0.2) is 54.6 Å². The molecular weight excluding hydrogens is 410 g/mol. The van der Waals surface area contributed by atoms with Crippen molar-refractivity contribution in [2.45, 2.75) is 32.7 Å². The topological polar surface area (TPSA) is 69.7 Å². The fourth-order valence-electron chi connectivity index (χ4n) is 3.65. The molecule has 7 heteroatoms. The van der Waals surface area contributed by atoms with Crippen molar-refractivity contribution in [1.29, 1.82) is 0 Å². The second kappa shape index (κ2) is 9.94. The van der Waals surface area contributed by atoms with E-state index in [1.807, 2.05) is 30.3 Å². The number of nitrogens with one attached hydrogen (secondary N) is 1. The SMILES string of the molecule is CC(C)(C)c1ccc(C(=O)NCCS(=O)(=O)N2CCN(Cc3ccccc3)CC2)cc1. The molecule has 2 aromatic rings. The fraction of sp³-hybridized carbons (Fsp3) is 0.458. The Morgan fingerprint density at radius 2 is 1.55 bits per heavy atom. The lowest BCUT2D eigenvalue weighted by molar-refractivity contribution is 0.0956. The van der Waals surface area contributed by atoms with Crippen LogP contribution in [0.4, 0.5) is 0 Å². The molecule has 2 aromatic carbocycles. The van der Waals surface area contributed by atoms with Gasteiger partial charge in [0.15, 0.2) is 0 Å². The van der Waals surface area contributed by atoms with E-state index in [1.165, 1.54) is 5.56 Å². The molecule has 1 aliphatic heterocycles. The summed E-state index contributed by atoms with van der Waals surface area (Å²) in [6, 6.07) is 17.7. The van der Waals surface area contributed by atoms with E-state index in [2.05, 4.69) is 43.1 Å². The van der Waals surface area contributed by atoms with Gasteiger partial charge in [0.25, 0.3) is 5.91 Å². The van der Waals surface area contributed by atoms with E-state index < -0.39 is 10.0 Å². The normalized spacial score (nSPS) is 16.2. The number of amides is 1. The number of sulfonamides is 1. The number of nitrogens with zero attached hydrogens (tertiary/aromatic N) is 2. The van der Waals surface area contributed by atoms with E-state index in [4.69, 9.17) is 0 Å². The third-order valence-electron chi connectivity index (χ3n) is 5.63. The molecule has 0 radical (unpaired) electrons. The van der Waals surface area contributed by atoms with Crippen LogP contribution in [0.3, 0.4) is 0 Å². The van der Waals surface area contributed by atoms with Gasteiger partial charge in [-0.15, -0.1) is 0 Å². The first-order valence-electron chi connectivity index (χ1n) is 10.8. The standard InChI is InChI=1S/C24H33N3O3S/c1-24(2,3)22-11-9-21(10-12-22)23(28)25-13-18-31(29,30)27-16-14-26(15-17-27)19-20-7-5-4-6-8-20/h4-12H,13-19H2,1-3H3,(H,25,28). The summed E-state index contributed by atoms with van der Waals surface area (Å²) in [5.41, 5.74) is 2.95. The summed E-state index contributed by atoms with van der Waals surface area (Å²) in [7, 11) is -3.39. The zero-order chi connectivity index (χ0) is 22.5. The van der Waals surface area contributed by atoms with Crippen molar-refractivity contribution in [2.75, 3.05) is 38.5 Å². The van der Waals surface area contributed by atoms with E-state index in [0.717, 1.165) is 12.1 Å². The van der Waals surface area contributed by atoms with Crippen LogP contribution in [0.5, 0.6) is 0 Å². The van der Waals surface area contributed by atoms with Crippen LogP contribution in [0.25, 0.3) is 0 Å². The molecule has 6 nitrogen and oxygen atoms in total. The lowest BCUT2D eigenvalue weighted by Crippen LogP contribution is -2.49. The Hall–Kier alpha value is -2.22. The largest absolute Gasteiger partial charge is 0.351 e. The number of benzene rings is 2. The summed E-state index contributed by atoms with van der Waals surface area (Å²) in [6.45, 7) is 9.68. The maximum absolute atomic E-state index is 12.7. The number of hydrogen-bond acceptors (Lipinski definition) is 4. The molecule has 0 spiro atoms. The molecule has 1 amide bonds. The molecule has 3 rings (SSSR count). The van der Waals surface area contributed by atoms with Crippen LogP contribution in [-0.2, 0) is 22.0 Å². The molecule has 0 bridgehead atoms. The third-order valence-corrected chi connectivity index (χ3v) is 7.50. The van der Waals surface area contributed by atoms with Crippen molar-refractivity contribution in [1.82, 2.24) is 14.5 Å². The quantitative estimate of drug-likeness (QED) is 0.714. The van der Waals surface area contributed by atoms with Gasteiger partial charge >= 0.3 is 0 Å². The van der Waals surface area contributed by atoms with Crippen LogP contribution >= 0.6 is 0 Å². The van der Waals surface area contributed by atoms with Crippen LogP contribution in [0, 0.1) is 0 Å². The number of rotatable bonds is 7. The van der Waals surface area contributed by atoms with Crippen molar-refractivity contribution in [3.8, 4) is 0 Å². The van der Waals surface area contributed by atoms with Crippen molar-refractivity contribution in [3.63, 3.8) is 0 Å². The van der Waals surface area contributed by atoms with Gasteiger partial charge in [0.05, 0.1) is 5.75 Å². The molecule has 1 aliphatic rings. The maximum atomic E-state index is 12.7. The number of piperazine rings is 1. The summed E-state index contributed by atoms with van der Waals surface area (Å²) in [5.74, 6) is -0.333. The van der Waals surface area contributed by atoms with Crippen molar-refractivity contribution in [3.05, 3.63) is 71.3 Å². The molecular formula is C24H33N3O3S. The molecule has 0 atom stereocenters. The predicted octanol–water partition coefficient (Wildman–Crippen LogP) is 2.86. The van der Waals surface area contributed by atoms with E-state index in [9.17, 15) is 13.2 Å². The second-order valence-corrected chi connectivity index (χ2v) is 11.1. The molecule has 0 unspecified atom stereocenters. The summed E-state index contributed by atoms with van der Waals surface area (Å²) in [4.78, 5) is 14.6. The average Bonchev–Trinajstić information content (AvgIpc) is 2.74. The Kier molecular flexibility index (Phi) is 7.51. The lowest BCUT2D eigenvalue weighted by Gasteiger charge is -2.34. The van der Waals surface area contributed by atoms with Gasteiger partial charge in [-0.05, 0) is 28.7 Å². The van der Waals surface area contributed by atoms with Crippen molar-refractivity contribution >= 4 is 15.9 Å². The minimum absolute atomic E-state index is 0.0220. The second-order valence-electron chi connectivity index (χ2n) is 9.06. The Morgan fingerprint density at radius 3 is 2.13 bits per heavy atom. The Labute approximate surface area is 186 Å². The highest BCUT2D eigenvalue weighted by Crippen LogP contribution is 2.22. The first-order valence-corrected chi connectivity index (χ1v) is 12.4. The molecule has 31 heavy (non-hydrogen) atoms. The van der Waals surface area contributed by atoms with Crippen LogP contribution in [0.1, 0.15) is 42.3 Å². The van der Waals surface area contributed by atoms with Gasteiger partial charge in [-0.3, -0.25) is 9.69 Å². The summed E-state index contributed by atoms with van der Waals surface area (Å²) in [5, 5.41) is 2.74. The number of carbonyl (C=O) groups is 1. The third kappa shape index (κ3) is 6.63. The highest BCUT2D eigenvalue weighted by Gasteiger charge is 2.26. The van der Waals surface area contributed by atoms with E-state index in [0.29, 0.717) is 31.7 Å². The predicted molar refractivity (Wildman–Crippen MR) is 125 cm³/mol. The van der Waals surface area contributed by atoms with Crippen LogP contribution in [0.2, 0.25) is 0 Å². The van der Waals surface area contributed by atoms with Gasteiger partial charge in [-0.25, -0.2) is 8.42 Å². The zero-order valence-corrected chi connectivity index (χ0v) is 19.5. The van der Waals surface area contributed by atoms with Gasteiger partial charge in [0.2, 0.25) is 10.0 Å². The van der Waals surface area contributed by atoms with Crippen LogP contribution < -0.4 is 5.32 Å². The molecule has 1 fully saturated rings. The molecule has 168 valence electrons. The smallest absolute Gasteiger partial charge is 0.251 e. The molecule has 1 heterocycles. The fourth-order valence-corrected chi connectivity index (χ4v) is 4.99. The summed E-state index contributed by atoms with van der Waals surface area (Å²) in [6.07, 6.45) is 0. The first-order chi connectivity index (χ1) is 14.6. The minimum Gasteiger partial charge on any atom is -0.351 e. The van der Waals surface area contributed by atoms with Gasteiger partial charge in [0, 0.05) is 44.8 Å². The first kappa shape index (κ1) is 23.4. The monoisotopic (exact) mass is 443 g/mol. The molecule has 0 aromatic heterocycles. The van der Waals surface area contributed by atoms with Crippen molar-refractivity contribution in [2.24, 2.45) is 0 Å². The van der Waals surface area contributed by atoms with Gasteiger partial charge in [-0.1, -0.05) is 63.2 Å². The van der Waals surface area contributed by atoms with E-state index in [-0.39, 0.29) is 23.6 Å². The lowest BCUT2D eigenvalue weighted by atomic mass is 9.87. The Morgan fingerprint density at radius 1 is 0.935 bits per heavy atom. The minimum atomic E-state index is -3.39. The Bertz CT molecular complexity index is 959. The highest BCUT2D eigenvalue weighted by molar-refractivity contribution is 7.89. The zero-order valence-electron chi connectivity index (χ0n) is 18.7. The summed E-state index contributed by atoms with van der Waals surface area (Å²) >= 11 is 0. The van der Waals surface area contributed by atoms with Gasteiger partial charge < -0.3 is 5.32 Å². The molecule has 1 saturated heterocycles. The highest BCUT2D eigenvalue weighted by atomic mass is 32.2. The van der Waals surface area contributed by atoms with Crippen molar-refractivity contribution < 1.29 is 13.2 Å². The molecule has 0 saturated carbocycles. The van der Waals surface area contributed by atoms with E-state index >= 15 is 0 Å². The van der Waals surface area contributed by atoms with Crippen LogP contribution in [-0.4, -0.2) is 62.0 Å². The van der Waals surface area contributed by atoms with Gasteiger partial charge in [0.1, 0.15) is 0 Å². The number of carbonyl (C=O) groups excluding carboxylic acids is 1. The molecule has 0 aliphatic carbocycles. The average molecular weight is 444 g/mol. The van der Waals surface area contributed by atoms with E-state index in [1.54, 1.807) is 16.4 Å². The molecule has 1 N–H and O–H groups in total. The summed E-state index contributed by atoms with van der Waals surface area (Å²) < 4.78 is 26.9. The Balaban J connectivity index is 1.44. The van der Waals surface area contributed by atoms with Gasteiger partial charge in [-0.2, -0.15) is 4.31 Å². The maximum Gasteiger partial charge on any atom is 0.251 e.